The molecule has 0 atom stereocenters. The first-order chi connectivity index (χ1) is 9.08. The molecule has 1 heterocycles. The zero-order chi connectivity index (χ0) is 13.5. The Morgan fingerprint density at radius 1 is 1.32 bits per heavy atom. The van der Waals surface area contributed by atoms with Crippen LogP contribution in [0.2, 0.25) is 5.02 Å². The number of hydrogen-bond acceptors (Lipinski definition) is 4. The second-order valence-corrected chi connectivity index (χ2v) is 5.32. The summed E-state index contributed by atoms with van der Waals surface area (Å²) in [5.74, 6) is 0.356. The number of rotatable bonds is 2. The van der Waals surface area contributed by atoms with E-state index in [9.17, 15) is 4.39 Å². The molecular formula is C13H13ClFN3O. The molecule has 2 aromatic rings. The number of halogens is 2. The van der Waals surface area contributed by atoms with Gasteiger partial charge in [-0.1, -0.05) is 29.6 Å². The van der Waals surface area contributed by atoms with Crippen molar-refractivity contribution in [1.29, 1.82) is 0 Å². The van der Waals surface area contributed by atoms with Gasteiger partial charge in [-0.15, -0.1) is 0 Å². The maximum atomic E-state index is 13.1. The fourth-order valence-electron chi connectivity index (χ4n) is 2.40. The van der Waals surface area contributed by atoms with Gasteiger partial charge in [0.25, 0.3) is 0 Å². The Hall–Kier alpha value is -1.46. The van der Waals surface area contributed by atoms with E-state index in [-0.39, 0.29) is 5.02 Å². The lowest BCUT2D eigenvalue weighted by Crippen LogP contribution is -2.33. The number of hydrogen-bond donors (Lipinski definition) is 1. The largest absolute Gasteiger partial charge is 0.337 e. The van der Waals surface area contributed by atoms with Gasteiger partial charge in [0.1, 0.15) is 5.82 Å². The van der Waals surface area contributed by atoms with E-state index in [0.29, 0.717) is 17.3 Å². The molecule has 1 aromatic heterocycles. The lowest BCUT2D eigenvalue weighted by atomic mass is 9.99. The lowest BCUT2D eigenvalue weighted by Gasteiger charge is -2.17. The average molecular weight is 282 g/mol. The highest BCUT2D eigenvalue weighted by Gasteiger charge is 2.36. The predicted molar refractivity (Wildman–Crippen MR) is 69.0 cm³/mol. The standard InChI is InChI=1S/C13H13ClFN3O/c14-9-7-8(3-4-10(9)15)11-17-12(19-18-11)13(16)5-1-2-6-13/h3-4,7H,1-2,5-6,16H2. The van der Waals surface area contributed by atoms with E-state index in [4.69, 9.17) is 21.9 Å². The molecule has 4 nitrogen and oxygen atoms in total. The predicted octanol–water partition coefficient (Wildman–Crippen LogP) is 3.26. The van der Waals surface area contributed by atoms with Crippen LogP contribution in [0.5, 0.6) is 0 Å². The van der Waals surface area contributed by atoms with Crippen LogP contribution in [-0.2, 0) is 5.54 Å². The quantitative estimate of drug-likeness (QED) is 0.917. The topological polar surface area (TPSA) is 64.9 Å². The molecule has 1 saturated carbocycles. The average Bonchev–Trinajstić information content (AvgIpc) is 3.02. The molecule has 100 valence electrons. The summed E-state index contributed by atoms with van der Waals surface area (Å²) in [5.41, 5.74) is 6.34. The third-order valence-corrected chi connectivity index (χ3v) is 3.82. The molecule has 2 N–H and O–H groups in total. The van der Waals surface area contributed by atoms with Crippen molar-refractivity contribution in [2.75, 3.05) is 0 Å². The van der Waals surface area contributed by atoms with E-state index < -0.39 is 11.4 Å². The van der Waals surface area contributed by atoms with Crippen LogP contribution < -0.4 is 5.73 Å². The fourth-order valence-corrected chi connectivity index (χ4v) is 2.58. The summed E-state index contributed by atoms with van der Waals surface area (Å²) in [6, 6.07) is 4.32. The number of nitrogens with two attached hydrogens (primary N) is 1. The summed E-state index contributed by atoms with van der Waals surface area (Å²) in [6.07, 6.45) is 3.82. The van der Waals surface area contributed by atoms with Gasteiger partial charge in [-0.25, -0.2) is 4.39 Å². The molecule has 1 aromatic carbocycles. The molecule has 0 saturated heterocycles. The van der Waals surface area contributed by atoms with Crippen molar-refractivity contribution in [3.8, 4) is 11.4 Å². The summed E-state index contributed by atoms with van der Waals surface area (Å²) in [4.78, 5) is 4.32. The van der Waals surface area contributed by atoms with Crippen molar-refractivity contribution in [3.63, 3.8) is 0 Å². The number of aromatic nitrogens is 2. The van der Waals surface area contributed by atoms with Crippen LogP contribution in [0.25, 0.3) is 11.4 Å². The molecular weight excluding hydrogens is 269 g/mol. The SMILES string of the molecule is NC1(c2nc(-c3ccc(F)c(Cl)c3)no2)CCCC1. The van der Waals surface area contributed by atoms with Gasteiger partial charge >= 0.3 is 0 Å². The Labute approximate surface area is 114 Å². The third kappa shape index (κ3) is 2.24. The Balaban J connectivity index is 1.94. The normalized spacial score (nSPS) is 17.8. The molecule has 0 aliphatic heterocycles. The second kappa shape index (κ2) is 4.58. The smallest absolute Gasteiger partial charge is 0.247 e. The van der Waals surface area contributed by atoms with Crippen molar-refractivity contribution in [1.82, 2.24) is 10.1 Å². The Kier molecular flexibility index (Phi) is 3.03. The molecule has 19 heavy (non-hydrogen) atoms. The van der Waals surface area contributed by atoms with Crippen LogP contribution in [0.1, 0.15) is 31.6 Å². The van der Waals surface area contributed by atoms with Crippen molar-refractivity contribution < 1.29 is 8.91 Å². The lowest BCUT2D eigenvalue weighted by molar-refractivity contribution is 0.285. The number of benzene rings is 1. The zero-order valence-electron chi connectivity index (χ0n) is 10.2. The van der Waals surface area contributed by atoms with Gasteiger partial charge < -0.3 is 10.3 Å². The summed E-state index contributed by atoms with van der Waals surface area (Å²) in [5, 5.41) is 3.93. The first-order valence-electron chi connectivity index (χ1n) is 6.17. The minimum atomic E-state index is -0.519. The molecule has 1 aliphatic rings. The van der Waals surface area contributed by atoms with Gasteiger partial charge in [0.2, 0.25) is 11.7 Å². The summed E-state index contributed by atoms with van der Waals surface area (Å²) >= 11 is 5.74. The molecule has 0 unspecified atom stereocenters. The third-order valence-electron chi connectivity index (χ3n) is 3.53. The van der Waals surface area contributed by atoms with Gasteiger partial charge in [0, 0.05) is 5.56 Å². The highest BCUT2D eigenvalue weighted by atomic mass is 35.5. The molecule has 6 heteroatoms. The first kappa shape index (κ1) is 12.6. The van der Waals surface area contributed by atoms with E-state index in [1.807, 2.05) is 0 Å². The van der Waals surface area contributed by atoms with Gasteiger partial charge in [-0.2, -0.15) is 4.98 Å². The second-order valence-electron chi connectivity index (χ2n) is 4.92. The monoisotopic (exact) mass is 281 g/mol. The molecule has 3 rings (SSSR count). The molecule has 0 radical (unpaired) electrons. The Morgan fingerprint density at radius 2 is 2.05 bits per heavy atom. The Morgan fingerprint density at radius 3 is 2.74 bits per heavy atom. The summed E-state index contributed by atoms with van der Waals surface area (Å²) in [6.45, 7) is 0. The zero-order valence-corrected chi connectivity index (χ0v) is 11.0. The molecule has 1 fully saturated rings. The van der Waals surface area contributed by atoms with Gasteiger partial charge in [0.15, 0.2) is 0 Å². The van der Waals surface area contributed by atoms with Crippen molar-refractivity contribution in [2.45, 2.75) is 31.2 Å². The van der Waals surface area contributed by atoms with Crippen LogP contribution in [0.4, 0.5) is 4.39 Å². The van der Waals surface area contributed by atoms with Crippen molar-refractivity contribution in [2.24, 2.45) is 5.73 Å². The van der Waals surface area contributed by atoms with Gasteiger partial charge in [0.05, 0.1) is 10.6 Å². The van der Waals surface area contributed by atoms with E-state index >= 15 is 0 Å². The van der Waals surface area contributed by atoms with Crippen LogP contribution >= 0.6 is 11.6 Å². The van der Waals surface area contributed by atoms with Crippen LogP contribution in [-0.4, -0.2) is 10.1 Å². The maximum absolute atomic E-state index is 13.1. The van der Waals surface area contributed by atoms with Crippen molar-refractivity contribution in [3.05, 3.63) is 34.9 Å². The molecule has 1 aliphatic carbocycles. The molecule has 0 bridgehead atoms. The van der Waals surface area contributed by atoms with Crippen LogP contribution in [0, 0.1) is 5.82 Å². The van der Waals surface area contributed by atoms with Crippen LogP contribution in [0.3, 0.4) is 0 Å². The summed E-state index contributed by atoms with van der Waals surface area (Å²) in [7, 11) is 0. The Bertz CT molecular complexity index is 608. The van der Waals surface area contributed by atoms with Gasteiger partial charge in [-0.3, -0.25) is 0 Å². The summed E-state index contributed by atoms with van der Waals surface area (Å²) < 4.78 is 18.4. The molecule has 0 amide bonds. The minimum absolute atomic E-state index is 0.0344. The van der Waals surface area contributed by atoms with Crippen LogP contribution in [0.15, 0.2) is 22.7 Å². The molecule has 0 spiro atoms. The first-order valence-corrected chi connectivity index (χ1v) is 6.55. The van der Waals surface area contributed by atoms with E-state index in [1.165, 1.54) is 12.1 Å². The van der Waals surface area contributed by atoms with E-state index in [0.717, 1.165) is 25.7 Å². The van der Waals surface area contributed by atoms with E-state index in [1.54, 1.807) is 6.07 Å². The minimum Gasteiger partial charge on any atom is -0.337 e. The van der Waals surface area contributed by atoms with E-state index in [2.05, 4.69) is 10.1 Å². The highest BCUT2D eigenvalue weighted by molar-refractivity contribution is 6.31. The highest BCUT2D eigenvalue weighted by Crippen LogP contribution is 2.36. The fraction of sp³-hybridized carbons (Fsp3) is 0.385. The van der Waals surface area contributed by atoms with Crippen molar-refractivity contribution >= 4 is 11.6 Å². The maximum Gasteiger partial charge on any atom is 0.247 e. The number of nitrogens with zero attached hydrogens (tertiary/aromatic N) is 2. The van der Waals surface area contributed by atoms with Gasteiger partial charge in [-0.05, 0) is 31.0 Å².